The maximum atomic E-state index is 12.8. The van der Waals surface area contributed by atoms with Gasteiger partial charge >= 0.3 is 0 Å². The molecule has 6 N–H and O–H groups in total. The second-order valence-electron chi connectivity index (χ2n) is 8.55. The normalized spacial score (nSPS) is 19.5. The van der Waals surface area contributed by atoms with Gasteiger partial charge in [-0.2, -0.15) is 0 Å². The third-order valence-corrected chi connectivity index (χ3v) is 5.74. The van der Waals surface area contributed by atoms with Crippen LogP contribution in [0.3, 0.4) is 0 Å². The van der Waals surface area contributed by atoms with Gasteiger partial charge in [-0.3, -0.25) is 9.59 Å². The number of fused-ring (bicyclic) bond motifs is 1. The predicted octanol–water partition coefficient (Wildman–Crippen LogP) is 1.31. The molecule has 31 heavy (non-hydrogen) atoms. The fraction of sp³-hybridized carbons (Fsp3) is 0.391. The maximum Gasteiger partial charge on any atom is 0.251 e. The van der Waals surface area contributed by atoms with E-state index < -0.39 is 5.60 Å². The molecule has 1 aliphatic heterocycles. The highest BCUT2D eigenvalue weighted by atomic mass is 16.3. The molecule has 2 amide bonds. The maximum absolute atomic E-state index is 12.8. The van der Waals surface area contributed by atoms with Crippen molar-refractivity contribution in [2.75, 3.05) is 13.1 Å². The molecule has 1 fully saturated rings. The minimum Gasteiger partial charge on any atom is -0.403 e. The van der Waals surface area contributed by atoms with Gasteiger partial charge in [0.2, 0.25) is 5.91 Å². The van der Waals surface area contributed by atoms with Gasteiger partial charge in [-0.25, -0.2) is 5.84 Å². The summed E-state index contributed by atoms with van der Waals surface area (Å²) in [5.74, 6) is 5.73. The van der Waals surface area contributed by atoms with Gasteiger partial charge in [0.05, 0.1) is 18.3 Å². The van der Waals surface area contributed by atoms with E-state index in [4.69, 9.17) is 11.6 Å². The van der Waals surface area contributed by atoms with Crippen LogP contribution in [0.1, 0.15) is 37.6 Å². The van der Waals surface area contributed by atoms with Crippen molar-refractivity contribution in [3.8, 4) is 0 Å². The Hall–Kier alpha value is -3.10. The summed E-state index contributed by atoms with van der Waals surface area (Å²) in [6.45, 7) is 5.44. The Morgan fingerprint density at radius 3 is 2.58 bits per heavy atom. The van der Waals surface area contributed by atoms with Gasteiger partial charge in [-0.15, -0.1) is 0 Å². The van der Waals surface area contributed by atoms with Crippen LogP contribution in [0.2, 0.25) is 0 Å². The van der Waals surface area contributed by atoms with E-state index in [0.29, 0.717) is 24.2 Å². The van der Waals surface area contributed by atoms with Gasteiger partial charge in [0, 0.05) is 24.4 Å². The van der Waals surface area contributed by atoms with Crippen molar-refractivity contribution >= 4 is 22.6 Å². The van der Waals surface area contributed by atoms with Crippen LogP contribution < -0.4 is 16.9 Å². The van der Waals surface area contributed by atoms with Crippen LogP contribution in [0.15, 0.2) is 54.4 Å². The van der Waals surface area contributed by atoms with Crippen molar-refractivity contribution < 1.29 is 14.7 Å². The van der Waals surface area contributed by atoms with E-state index in [2.05, 4.69) is 5.32 Å². The molecule has 3 rings (SSSR count). The number of hydrogen-bond donors (Lipinski definition) is 4. The number of aliphatic hydroxyl groups is 1. The van der Waals surface area contributed by atoms with Gasteiger partial charge in [0.1, 0.15) is 5.60 Å². The number of nitrogens with two attached hydrogens (primary N) is 2. The Morgan fingerprint density at radius 1 is 1.26 bits per heavy atom. The second-order valence-corrected chi connectivity index (χ2v) is 8.55. The lowest BCUT2D eigenvalue weighted by atomic mass is 10.0. The molecule has 0 radical (unpaired) electrons. The Labute approximate surface area is 182 Å². The van der Waals surface area contributed by atoms with E-state index >= 15 is 0 Å². The van der Waals surface area contributed by atoms with E-state index in [1.54, 1.807) is 24.8 Å². The number of carbonyl (C=O) groups is 2. The zero-order valence-corrected chi connectivity index (χ0v) is 18.2. The molecule has 166 valence electrons. The largest absolute Gasteiger partial charge is 0.403 e. The molecule has 1 heterocycles. The van der Waals surface area contributed by atoms with Crippen molar-refractivity contribution in [3.05, 3.63) is 59.9 Å². The minimum atomic E-state index is -1.20. The number of nitrogens with zero attached hydrogens (tertiary/aromatic N) is 2. The summed E-state index contributed by atoms with van der Waals surface area (Å²) in [7, 11) is 0. The Kier molecular flexibility index (Phi) is 6.52. The minimum absolute atomic E-state index is 0.0537. The fourth-order valence-electron chi connectivity index (χ4n) is 4.04. The number of nitrogens with one attached hydrogen (secondary N) is 1. The monoisotopic (exact) mass is 425 g/mol. The molecular formula is C23H31N5O3. The van der Waals surface area contributed by atoms with Crippen molar-refractivity contribution in [3.63, 3.8) is 0 Å². The van der Waals surface area contributed by atoms with Crippen LogP contribution in [0.4, 0.5) is 0 Å². The second kappa shape index (κ2) is 8.95. The molecule has 1 aliphatic rings. The molecule has 2 aromatic rings. The zero-order valence-electron chi connectivity index (χ0n) is 18.2. The number of hydrogen-bond acceptors (Lipinski definition) is 6. The molecule has 0 aliphatic carbocycles. The lowest BCUT2D eigenvalue weighted by molar-refractivity contribution is -0.130. The smallest absolute Gasteiger partial charge is 0.251 e. The average molecular weight is 426 g/mol. The van der Waals surface area contributed by atoms with E-state index in [1.807, 2.05) is 43.3 Å². The van der Waals surface area contributed by atoms with Crippen molar-refractivity contribution in [1.29, 1.82) is 0 Å². The number of rotatable bonds is 6. The number of amides is 2. The lowest BCUT2D eigenvalue weighted by Crippen LogP contribution is -2.49. The van der Waals surface area contributed by atoms with Gasteiger partial charge in [-0.05, 0) is 50.1 Å². The molecular weight excluding hydrogens is 394 g/mol. The molecule has 2 unspecified atom stereocenters. The Bertz CT molecular complexity index is 998. The first-order valence-corrected chi connectivity index (χ1v) is 10.4. The first kappa shape index (κ1) is 22.6. The highest BCUT2D eigenvalue weighted by Gasteiger charge is 2.37. The summed E-state index contributed by atoms with van der Waals surface area (Å²) < 4.78 is 0. The SMILES string of the molecule is CC1CC(N(N)/C(=C\N)C(C)(C)O)CN1C(=O)CNC(=O)c1ccc2ccccc2c1. The third kappa shape index (κ3) is 4.98. The van der Waals surface area contributed by atoms with Gasteiger partial charge in [0.25, 0.3) is 5.91 Å². The van der Waals surface area contributed by atoms with Crippen LogP contribution in [0, 0.1) is 0 Å². The molecule has 0 bridgehead atoms. The highest BCUT2D eigenvalue weighted by molar-refractivity contribution is 6.00. The van der Waals surface area contributed by atoms with Crippen LogP contribution in [0.5, 0.6) is 0 Å². The average Bonchev–Trinajstić information content (AvgIpc) is 3.12. The Balaban J connectivity index is 1.60. The number of benzene rings is 2. The molecule has 8 nitrogen and oxygen atoms in total. The summed E-state index contributed by atoms with van der Waals surface area (Å²) >= 11 is 0. The summed E-state index contributed by atoms with van der Waals surface area (Å²) in [5, 5.41) is 16.4. The van der Waals surface area contributed by atoms with E-state index in [-0.39, 0.29) is 30.4 Å². The quantitative estimate of drug-likeness (QED) is 0.408. The van der Waals surface area contributed by atoms with Crippen LogP contribution in [0.25, 0.3) is 10.8 Å². The van der Waals surface area contributed by atoms with Crippen LogP contribution in [-0.2, 0) is 4.79 Å². The van der Waals surface area contributed by atoms with Crippen LogP contribution in [-0.4, -0.2) is 57.6 Å². The third-order valence-electron chi connectivity index (χ3n) is 5.74. The summed E-state index contributed by atoms with van der Waals surface area (Å²) in [6, 6.07) is 13.0. The van der Waals surface area contributed by atoms with Gasteiger partial charge in [0.15, 0.2) is 0 Å². The van der Waals surface area contributed by atoms with Gasteiger partial charge < -0.3 is 26.1 Å². The number of carbonyl (C=O) groups excluding carboxylic acids is 2. The van der Waals surface area contributed by atoms with E-state index in [0.717, 1.165) is 10.8 Å². The van der Waals surface area contributed by atoms with Crippen LogP contribution >= 0.6 is 0 Å². The highest BCUT2D eigenvalue weighted by Crippen LogP contribution is 2.26. The molecule has 1 saturated heterocycles. The molecule has 2 atom stereocenters. The summed E-state index contributed by atoms with van der Waals surface area (Å²) in [6.07, 6.45) is 1.92. The Morgan fingerprint density at radius 2 is 1.94 bits per heavy atom. The lowest BCUT2D eigenvalue weighted by Gasteiger charge is -2.34. The molecule has 0 saturated carbocycles. The predicted molar refractivity (Wildman–Crippen MR) is 120 cm³/mol. The molecule has 2 aromatic carbocycles. The van der Waals surface area contributed by atoms with Crippen molar-refractivity contribution in [2.24, 2.45) is 11.6 Å². The van der Waals surface area contributed by atoms with E-state index in [1.165, 1.54) is 11.2 Å². The van der Waals surface area contributed by atoms with Gasteiger partial charge in [-0.1, -0.05) is 30.3 Å². The number of hydrazine groups is 1. The zero-order chi connectivity index (χ0) is 22.8. The first-order valence-electron chi connectivity index (χ1n) is 10.4. The fourth-order valence-corrected chi connectivity index (χ4v) is 4.04. The summed E-state index contributed by atoms with van der Waals surface area (Å²) in [4.78, 5) is 27.0. The number of likely N-dealkylation sites (tertiary alicyclic amines) is 1. The first-order chi connectivity index (χ1) is 14.6. The topological polar surface area (TPSA) is 125 Å². The van der Waals surface area contributed by atoms with E-state index in [9.17, 15) is 14.7 Å². The molecule has 8 heteroatoms. The molecule has 0 spiro atoms. The molecule has 0 aromatic heterocycles. The standard InChI is InChI=1S/C23H31N5O3/c1-15-10-19(28(25)20(12-24)23(2,3)31)14-27(15)21(29)13-26-22(30)18-9-8-16-6-4-5-7-17(16)11-18/h4-9,11-12,15,19,31H,10,13-14,24-25H2,1-3H3,(H,26,30)/b20-12-. The summed E-state index contributed by atoms with van der Waals surface area (Å²) in [5.41, 5.74) is 5.36. The van der Waals surface area contributed by atoms with Crippen molar-refractivity contribution in [1.82, 2.24) is 15.2 Å². The van der Waals surface area contributed by atoms with Crippen molar-refractivity contribution in [2.45, 2.75) is 44.9 Å².